The second-order valence-corrected chi connectivity index (χ2v) is 7.01. The Morgan fingerprint density at radius 1 is 1.15 bits per heavy atom. The van der Waals surface area contributed by atoms with Gasteiger partial charge in [0.15, 0.2) is 0 Å². The van der Waals surface area contributed by atoms with Gasteiger partial charge in [-0.2, -0.15) is 0 Å². The highest BCUT2D eigenvalue weighted by Crippen LogP contribution is 2.34. The van der Waals surface area contributed by atoms with Crippen LogP contribution in [0.25, 0.3) is 10.9 Å². The summed E-state index contributed by atoms with van der Waals surface area (Å²) in [5, 5.41) is 1.23. The van der Waals surface area contributed by atoms with Crippen molar-refractivity contribution in [3.8, 4) is 5.75 Å². The normalized spacial score (nSPS) is 15.3. The quantitative estimate of drug-likeness (QED) is 0.756. The third-order valence-corrected chi connectivity index (χ3v) is 5.31. The molecule has 4 nitrogen and oxygen atoms in total. The van der Waals surface area contributed by atoms with Gasteiger partial charge in [0.2, 0.25) is 5.91 Å². The zero-order chi connectivity index (χ0) is 17.9. The molecule has 0 bridgehead atoms. The number of H-pyrrole nitrogens is 1. The van der Waals surface area contributed by atoms with E-state index in [2.05, 4.69) is 35.4 Å². The van der Waals surface area contributed by atoms with E-state index in [0.29, 0.717) is 12.5 Å². The summed E-state index contributed by atoms with van der Waals surface area (Å²) in [4.78, 5) is 16.9. The van der Waals surface area contributed by atoms with Crippen LogP contribution in [0.5, 0.6) is 5.75 Å². The first kappa shape index (κ1) is 16.7. The molecule has 1 N–H and O–H groups in total. The molecule has 134 valence electrons. The van der Waals surface area contributed by atoms with Crippen LogP contribution in [0.1, 0.15) is 36.8 Å². The first-order chi connectivity index (χ1) is 12.7. The van der Waals surface area contributed by atoms with Gasteiger partial charge < -0.3 is 14.6 Å². The molecule has 2 aromatic carbocycles. The van der Waals surface area contributed by atoms with Crippen molar-refractivity contribution in [2.24, 2.45) is 0 Å². The number of carbonyl (C=O) groups excluding carboxylic acids is 1. The molecule has 1 aliphatic rings. The van der Waals surface area contributed by atoms with Crippen molar-refractivity contribution < 1.29 is 9.53 Å². The fourth-order valence-electron chi connectivity index (χ4n) is 3.80. The second-order valence-electron chi connectivity index (χ2n) is 7.01. The van der Waals surface area contributed by atoms with Crippen molar-refractivity contribution in [3.63, 3.8) is 0 Å². The third kappa shape index (κ3) is 3.45. The van der Waals surface area contributed by atoms with Crippen LogP contribution >= 0.6 is 0 Å². The number of aromatic nitrogens is 1. The molecule has 3 aromatic rings. The van der Waals surface area contributed by atoms with Crippen LogP contribution in [-0.2, 0) is 11.4 Å². The average molecular weight is 348 g/mol. The average Bonchev–Trinajstić information content (AvgIpc) is 3.10. The van der Waals surface area contributed by atoms with Gasteiger partial charge in [0.05, 0.1) is 0 Å². The monoisotopic (exact) mass is 348 g/mol. The van der Waals surface area contributed by atoms with Crippen molar-refractivity contribution >= 4 is 16.8 Å². The molecular weight excluding hydrogens is 324 g/mol. The first-order valence-electron chi connectivity index (χ1n) is 9.24. The zero-order valence-corrected chi connectivity index (χ0v) is 15.1. The number of carbonyl (C=O) groups is 1. The third-order valence-electron chi connectivity index (χ3n) is 5.31. The van der Waals surface area contributed by atoms with Crippen molar-refractivity contribution in [2.75, 3.05) is 13.1 Å². The lowest BCUT2D eigenvalue weighted by molar-refractivity contribution is -0.129. The Hall–Kier alpha value is -2.75. The molecule has 0 radical (unpaired) electrons. The maximum absolute atomic E-state index is 11.5. The van der Waals surface area contributed by atoms with Crippen molar-refractivity contribution in [1.29, 1.82) is 0 Å². The van der Waals surface area contributed by atoms with Crippen molar-refractivity contribution in [1.82, 2.24) is 9.88 Å². The van der Waals surface area contributed by atoms with Crippen LogP contribution in [0.3, 0.4) is 0 Å². The molecular formula is C22H24N2O2. The summed E-state index contributed by atoms with van der Waals surface area (Å²) in [5.41, 5.74) is 3.65. The minimum Gasteiger partial charge on any atom is -0.489 e. The fourth-order valence-corrected chi connectivity index (χ4v) is 3.80. The number of rotatable bonds is 4. The molecule has 0 aliphatic carbocycles. The Balaban J connectivity index is 1.51. The lowest BCUT2D eigenvalue weighted by atomic mass is 9.89. The Kier molecular flexibility index (Phi) is 4.65. The Bertz CT molecular complexity index is 893. The zero-order valence-electron chi connectivity index (χ0n) is 15.1. The number of ether oxygens (including phenoxy) is 1. The number of hydrogen-bond acceptors (Lipinski definition) is 2. The van der Waals surface area contributed by atoms with E-state index in [9.17, 15) is 4.79 Å². The van der Waals surface area contributed by atoms with E-state index in [1.54, 1.807) is 6.92 Å². The highest BCUT2D eigenvalue weighted by Gasteiger charge is 2.24. The van der Waals surface area contributed by atoms with Crippen LogP contribution in [0, 0.1) is 0 Å². The maximum atomic E-state index is 11.5. The minimum atomic E-state index is 0.180. The molecule has 1 amide bonds. The number of benzene rings is 2. The van der Waals surface area contributed by atoms with E-state index in [1.807, 2.05) is 29.2 Å². The van der Waals surface area contributed by atoms with Gasteiger partial charge in [-0.05, 0) is 48.1 Å². The topological polar surface area (TPSA) is 45.3 Å². The van der Waals surface area contributed by atoms with Crippen LogP contribution in [-0.4, -0.2) is 28.9 Å². The molecule has 0 unspecified atom stereocenters. The largest absolute Gasteiger partial charge is 0.489 e. The summed E-state index contributed by atoms with van der Waals surface area (Å²) >= 11 is 0. The number of hydrogen-bond donors (Lipinski definition) is 1. The molecule has 2 heterocycles. The number of nitrogens with one attached hydrogen (secondary N) is 1. The standard InChI is InChI=1S/C22H24N2O2/c1-16(25)24-11-9-18(10-12-24)21-14-23-22-8-7-19(13-20(21)22)26-15-17-5-3-2-4-6-17/h2-8,13-14,18,23H,9-12,15H2,1H3. The summed E-state index contributed by atoms with van der Waals surface area (Å²) in [6.07, 6.45) is 4.16. The van der Waals surface area contributed by atoms with Gasteiger partial charge in [0.1, 0.15) is 12.4 Å². The molecule has 1 aromatic heterocycles. The number of amides is 1. The molecule has 1 saturated heterocycles. The molecule has 1 fully saturated rings. The Morgan fingerprint density at radius 2 is 1.92 bits per heavy atom. The van der Waals surface area contributed by atoms with Crippen LogP contribution in [0.15, 0.2) is 54.7 Å². The first-order valence-corrected chi connectivity index (χ1v) is 9.24. The number of fused-ring (bicyclic) bond motifs is 1. The maximum Gasteiger partial charge on any atom is 0.219 e. The lowest BCUT2D eigenvalue weighted by Crippen LogP contribution is -2.36. The summed E-state index contributed by atoms with van der Waals surface area (Å²) in [5.74, 6) is 1.56. The molecule has 0 spiro atoms. The number of nitrogens with zero attached hydrogens (tertiary/aromatic N) is 1. The smallest absolute Gasteiger partial charge is 0.219 e. The molecule has 4 heteroatoms. The molecule has 0 saturated carbocycles. The molecule has 0 atom stereocenters. The highest BCUT2D eigenvalue weighted by molar-refractivity contribution is 5.85. The number of aromatic amines is 1. The Labute approximate surface area is 153 Å². The molecule has 1 aliphatic heterocycles. The molecule has 26 heavy (non-hydrogen) atoms. The van der Waals surface area contributed by atoms with Gasteiger partial charge in [0.25, 0.3) is 0 Å². The number of piperidine rings is 1. The van der Waals surface area contributed by atoms with E-state index in [4.69, 9.17) is 4.74 Å². The van der Waals surface area contributed by atoms with E-state index >= 15 is 0 Å². The minimum absolute atomic E-state index is 0.180. The summed E-state index contributed by atoms with van der Waals surface area (Å²) in [6.45, 7) is 3.92. The SMILES string of the molecule is CC(=O)N1CCC(c2c[nH]c3ccc(OCc4ccccc4)cc23)CC1. The van der Waals surface area contributed by atoms with E-state index in [0.717, 1.165) is 37.2 Å². The van der Waals surface area contributed by atoms with Gasteiger partial charge in [-0.1, -0.05) is 30.3 Å². The van der Waals surface area contributed by atoms with E-state index in [1.165, 1.54) is 16.5 Å². The summed E-state index contributed by atoms with van der Waals surface area (Å²) in [7, 11) is 0. The predicted octanol–water partition coefficient (Wildman–Crippen LogP) is 4.47. The summed E-state index contributed by atoms with van der Waals surface area (Å²) in [6, 6.07) is 16.5. The summed E-state index contributed by atoms with van der Waals surface area (Å²) < 4.78 is 5.99. The Morgan fingerprint density at radius 3 is 2.65 bits per heavy atom. The van der Waals surface area contributed by atoms with Gasteiger partial charge in [-0.3, -0.25) is 4.79 Å². The lowest BCUT2D eigenvalue weighted by Gasteiger charge is -2.31. The van der Waals surface area contributed by atoms with Crippen molar-refractivity contribution in [3.05, 3.63) is 65.9 Å². The van der Waals surface area contributed by atoms with Crippen LogP contribution in [0.2, 0.25) is 0 Å². The van der Waals surface area contributed by atoms with Crippen LogP contribution < -0.4 is 4.74 Å². The molecule has 4 rings (SSSR count). The predicted molar refractivity (Wildman–Crippen MR) is 103 cm³/mol. The van der Waals surface area contributed by atoms with E-state index in [-0.39, 0.29) is 5.91 Å². The second kappa shape index (κ2) is 7.24. The number of likely N-dealkylation sites (tertiary alicyclic amines) is 1. The van der Waals surface area contributed by atoms with E-state index < -0.39 is 0 Å². The highest BCUT2D eigenvalue weighted by atomic mass is 16.5. The van der Waals surface area contributed by atoms with Gasteiger partial charge in [-0.25, -0.2) is 0 Å². The van der Waals surface area contributed by atoms with Gasteiger partial charge in [0, 0.05) is 37.1 Å². The van der Waals surface area contributed by atoms with Crippen molar-refractivity contribution in [2.45, 2.75) is 32.3 Å². The van der Waals surface area contributed by atoms with Gasteiger partial charge in [-0.15, -0.1) is 0 Å². The van der Waals surface area contributed by atoms with Gasteiger partial charge >= 0.3 is 0 Å². The fraction of sp³-hybridized carbons (Fsp3) is 0.318. The van der Waals surface area contributed by atoms with Crippen LogP contribution in [0.4, 0.5) is 0 Å².